The Bertz CT molecular complexity index is 224. The highest BCUT2D eigenvalue weighted by Crippen LogP contribution is 2.32. The zero-order chi connectivity index (χ0) is 10.6. The van der Waals surface area contributed by atoms with Crippen LogP contribution >= 0.6 is 0 Å². The maximum atomic E-state index is 11.0. The summed E-state index contributed by atoms with van der Waals surface area (Å²) in [6.45, 7) is 0. The number of ether oxygens (including phenoxy) is 1. The summed E-state index contributed by atoms with van der Waals surface area (Å²) in [5.74, 6) is -1.47. The summed E-state index contributed by atoms with van der Waals surface area (Å²) < 4.78 is 4.55. The number of carboxylic acids is 1. The van der Waals surface area contributed by atoms with Crippen LogP contribution in [0.25, 0.3) is 0 Å². The zero-order valence-electron chi connectivity index (χ0n) is 8.36. The lowest BCUT2D eigenvalue weighted by atomic mass is 9.77. The number of methoxy groups -OCH3 is 1. The maximum Gasteiger partial charge on any atom is 0.306 e. The van der Waals surface area contributed by atoms with Crippen molar-refractivity contribution in [3.63, 3.8) is 0 Å². The molecule has 2 unspecified atom stereocenters. The van der Waals surface area contributed by atoms with Crippen LogP contribution in [0.3, 0.4) is 0 Å². The van der Waals surface area contributed by atoms with E-state index in [0.717, 1.165) is 19.3 Å². The van der Waals surface area contributed by atoms with E-state index in [9.17, 15) is 9.59 Å². The number of hydrogen-bond donors (Lipinski definition) is 1. The van der Waals surface area contributed by atoms with Crippen molar-refractivity contribution in [2.75, 3.05) is 7.11 Å². The average molecular weight is 200 g/mol. The summed E-state index contributed by atoms with van der Waals surface area (Å²) in [5, 5.41) is 8.94. The summed E-state index contributed by atoms with van der Waals surface area (Å²) in [6, 6.07) is 0. The van der Waals surface area contributed by atoms with Gasteiger partial charge in [-0.2, -0.15) is 0 Å². The number of carbonyl (C=O) groups excluding carboxylic acids is 1. The molecule has 0 aromatic rings. The van der Waals surface area contributed by atoms with Gasteiger partial charge in [-0.05, 0) is 18.8 Å². The van der Waals surface area contributed by atoms with Gasteiger partial charge in [-0.25, -0.2) is 0 Å². The molecule has 14 heavy (non-hydrogen) atoms. The predicted molar refractivity (Wildman–Crippen MR) is 49.7 cm³/mol. The first-order valence-electron chi connectivity index (χ1n) is 4.94. The van der Waals surface area contributed by atoms with Crippen LogP contribution in [-0.2, 0) is 14.3 Å². The van der Waals surface area contributed by atoms with Gasteiger partial charge < -0.3 is 9.84 Å². The Morgan fingerprint density at radius 3 is 2.57 bits per heavy atom. The van der Waals surface area contributed by atoms with Crippen LogP contribution in [0, 0.1) is 11.8 Å². The quantitative estimate of drug-likeness (QED) is 0.700. The fraction of sp³-hybridized carbons (Fsp3) is 0.800. The van der Waals surface area contributed by atoms with Gasteiger partial charge in [0.15, 0.2) is 0 Å². The third-order valence-electron chi connectivity index (χ3n) is 2.88. The molecule has 1 saturated carbocycles. The van der Waals surface area contributed by atoms with Gasteiger partial charge in [-0.1, -0.05) is 12.8 Å². The normalized spacial score (nSPS) is 26.9. The molecule has 0 spiro atoms. The minimum atomic E-state index is -0.779. The third-order valence-corrected chi connectivity index (χ3v) is 2.88. The van der Waals surface area contributed by atoms with E-state index < -0.39 is 5.97 Å². The molecule has 1 aliphatic carbocycles. The van der Waals surface area contributed by atoms with E-state index in [-0.39, 0.29) is 24.2 Å². The van der Waals surface area contributed by atoms with Crippen LogP contribution < -0.4 is 0 Å². The summed E-state index contributed by atoms with van der Waals surface area (Å²) in [5.41, 5.74) is 0. The van der Waals surface area contributed by atoms with Crippen LogP contribution in [0.4, 0.5) is 0 Å². The van der Waals surface area contributed by atoms with Crippen LogP contribution in [0.15, 0.2) is 0 Å². The summed E-state index contributed by atoms with van der Waals surface area (Å²) in [6.07, 6.45) is 3.73. The van der Waals surface area contributed by atoms with Crippen molar-refractivity contribution in [2.45, 2.75) is 32.1 Å². The molecule has 80 valence electrons. The van der Waals surface area contributed by atoms with Crippen molar-refractivity contribution < 1.29 is 19.4 Å². The van der Waals surface area contributed by atoms with Gasteiger partial charge in [0, 0.05) is 6.42 Å². The van der Waals surface area contributed by atoms with E-state index in [0.29, 0.717) is 6.42 Å². The lowest BCUT2D eigenvalue weighted by Gasteiger charge is -2.27. The molecule has 0 amide bonds. The van der Waals surface area contributed by atoms with E-state index in [1.54, 1.807) is 0 Å². The Morgan fingerprint density at radius 1 is 1.36 bits per heavy atom. The molecular weight excluding hydrogens is 184 g/mol. The summed E-state index contributed by atoms with van der Waals surface area (Å²) in [7, 11) is 1.33. The van der Waals surface area contributed by atoms with E-state index in [1.807, 2.05) is 0 Å². The number of carbonyl (C=O) groups is 2. The Balaban J connectivity index is 2.54. The molecule has 0 saturated heterocycles. The van der Waals surface area contributed by atoms with Gasteiger partial charge in [0.05, 0.1) is 13.0 Å². The monoisotopic (exact) mass is 200 g/mol. The fourth-order valence-electron chi connectivity index (χ4n) is 2.07. The Kier molecular flexibility index (Phi) is 3.92. The van der Waals surface area contributed by atoms with Crippen molar-refractivity contribution in [1.82, 2.24) is 0 Å². The molecule has 0 aromatic carbocycles. The second-order valence-corrected chi connectivity index (χ2v) is 3.77. The van der Waals surface area contributed by atoms with Gasteiger partial charge in [0.2, 0.25) is 0 Å². The highest BCUT2D eigenvalue weighted by Gasteiger charge is 2.32. The first-order chi connectivity index (χ1) is 6.65. The molecule has 1 N–H and O–H groups in total. The lowest BCUT2D eigenvalue weighted by Crippen LogP contribution is -2.29. The van der Waals surface area contributed by atoms with Crippen LogP contribution in [0.2, 0.25) is 0 Å². The zero-order valence-corrected chi connectivity index (χ0v) is 8.36. The molecule has 0 aliphatic heterocycles. The van der Waals surface area contributed by atoms with Crippen molar-refractivity contribution in [3.8, 4) is 0 Å². The Labute approximate surface area is 83.2 Å². The molecule has 1 aliphatic rings. The van der Waals surface area contributed by atoms with Gasteiger partial charge in [0.25, 0.3) is 0 Å². The first-order valence-corrected chi connectivity index (χ1v) is 4.94. The molecule has 0 aromatic heterocycles. The number of esters is 1. The van der Waals surface area contributed by atoms with E-state index in [1.165, 1.54) is 7.11 Å². The van der Waals surface area contributed by atoms with Gasteiger partial charge in [-0.15, -0.1) is 0 Å². The molecule has 0 radical (unpaired) electrons. The number of carboxylic acid groups (broad SMARTS) is 1. The van der Waals surface area contributed by atoms with Crippen LogP contribution in [0.5, 0.6) is 0 Å². The molecule has 1 fully saturated rings. The Hall–Kier alpha value is -1.06. The first kappa shape index (κ1) is 11.0. The highest BCUT2D eigenvalue weighted by atomic mass is 16.5. The highest BCUT2D eigenvalue weighted by molar-refractivity contribution is 5.73. The predicted octanol–water partition coefficient (Wildman–Crippen LogP) is 1.44. The molecule has 4 heteroatoms. The van der Waals surface area contributed by atoms with Crippen LogP contribution in [0.1, 0.15) is 32.1 Å². The smallest absolute Gasteiger partial charge is 0.306 e. The van der Waals surface area contributed by atoms with Gasteiger partial charge in [-0.3, -0.25) is 9.59 Å². The SMILES string of the molecule is COC(=O)CC1CCCCC1C(=O)O. The molecule has 2 atom stereocenters. The summed E-state index contributed by atoms with van der Waals surface area (Å²) >= 11 is 0. The molecule has 1 rings (SSSR count). The second kappa shape index (κ2) is 4.98. The largest absolute Gasteiger partial charge is 0.481 e. The van der Waals surface area contributed by atoms with Crippen molar-refractivity contribution >= 4 is 11.9 Å². The maximum absolute atomic E-state index is 11.0. The Morgan fingerprint density at radius 2 is 2.00 bits per heavy atom. The average Bonchev–Trinajstić information content (AvgIpc) is 2.18. The minimum absolute atomic E-state index is 0.0336. The standard InChI is InChI=1S/C10H16O4/c1-14-9(11)6-7-4-2-3-5-8(7)10(12)13/h7-8H,2-6H2,1H3,(H,12,13). The minimum Gasteiger partial charge on any atom is -0.481 e. The van der Waals surface area contributed by atoms with E-state index in [2.05, 4.69) is 4.74 Å². The fourth-order valence-corrected chi connectivity index (χ4v) is 2.07. The van der Waals surface area contributed by atoms with E-state index in [4.69, 9.17) is 5.11 Å². The molecule has 0 bridgehead atoms. The number of hydrogen-bond acceptors (Lipinski definition) is 3. The molecular formula is C10H16O4. The van der Waals surface area contributed by atoms with Crippen molar-refractivity contribution in [1.29, 1.82) is 0 Å². The van der Waals surface area contributed by atoms with Gasteiger partial charge in [0.1, 0.15) is 0 Å². The van der Waals surface area contributed by atoms with E-state index >= 15 is 0 Å². The number of aliphatic carboxylic acids is 1. The second-order valence-electron chi connectivity index (χ2n) is 3.77. The van der Waals surface area contributed by atoms with Crippen molar-refractivity contribution in [2.24, 2.45) is 11.8 Å². The third kappa shape index (κ3) is 2.72. The topological polar surface area (TPSA) is 63.6 Å². The number of rotatable bonds is 3. The summed E-state index contributed by atoms with van der Waals surface area (Å²) in [4.78, 5) is 21.9. The van der Waals surface area contributed by atoms with Crippen LogP contribution in [-0.4, -0.2) is 24.2 Å². The molecule has 4 nitrogen and oxygen atoms in total. The lowest BCUT2D eigenvalue weighted by molar-refractivity contribution is -0.148. The van der Waals surface area contributed by atoms with Crippen molar-refractivity contribution in [3.05, 3.63) is 0 Å². The van der Waals surface area contributed by atoms with Gasteiger partial charge >= 0.3 is 11.9 Å². The molecule has 0 heterocycles.